The van der Waals surface area contributed by atoms with Crippen LogP contribution < -0.4 is 5.73 Å². The van der Waals surface area contributed by atoms with E-state index in [1.807, 2.05) is 0 Å². The van der Waals surface area contributed by atoms with E-state index in [1.165, 1.54) is 19.8 Å². The van der Waals surface area contributed by atoms with Gasteiger partial charge in [0, 0.05) is 7.11 Å². The predicted octanol–water partition coefficient (Wildman–Crippen LogP) is -1.33. The maximum absolute atomic E-state index is 10.3. The van der Waals surface area contributed by atoms with Gasteiger partial charge in [0.05, 0.1) is 12.9 Å². The third-order valence-corrected chi connectivity index (χ3v) is 3.44. The molecule has 1 aliphatic heterocycles. The molecule has 0 bridgehead atoms. The number of aliphatic hydroxyl groups excluding tert-OH is 2. The Morgan fingerprint density at radius 2 is 2.25 bits per heavy atom. The van der Waals surface area contributed by atoms with Crippen LogP contribution in [-0.2, 0) is 9.47 Å². The highest BCUT2D eigenvalue weighted by atomic mass is 16.7. The highest BCUT2D eigenvalue weighted by Crippen LogP contribution is 2.33. The molecule has 9 heteroatoms. The van der Waals surface area contributed by atoms with E-state index in [2.05, 4.69) is 15.0 Å². The van der Waals surface area contributed by atoms with Crippen molar-refractivity contribution < 1.29 is 19.7 Å². The fourth-order valence-corrected chi connectivity index (χ4v) is 2.44. The molecular formula is C11H15N5O4. The minimum absolute atomic E-state index is 0.259. The average Bonchev–Trinajstić information content (AvgIpc) is 3.00. The van der Waals surface area contributed by atoms with Gasteiger partial charge in [0.2, 0.25) is 0 Å². The van der Waals surface area contributed by atoms with Gasteiger partial charge in [-0.25, -0.2) is 15.0 Å². The molecule has 1 saturated heterocycles. The standard InChI is InChI=1S/C11H15N5O4/c1-19-11-7(8(18)5(2-17)20-11)16-4-15-6-9(12)13-3-14-10(6)16/h3-5,7-8,11,17-18H,2H2,1H3,(H2,12,13,14). The van der Waals surface area contributed by atoms with E-state index in [0.29, 0.717) is 11.2 Å². The number of aliphatic hydroxyl groups is 2. The molecule has 20 heavy (non-hydrogen) atoms. The largest absolute Gasteiger partial charge is 0.394 e. The number of aromatic nitrogens is 4. The number of ether oxygens (including phenoxy) is 2. The quantitative estimate of drug-likeness (QED) is 0.631. The summed E-state index contributed by atoms with van der Waals surface area (Å²) in [6.45, 7) is -0.304. The van der Waals surface area contributed by atoms with Gasteiger partial charge < -0.3 is 30.0 Å². The minimum Gasteiger partial charge on any atom is -0.394 e. The third-order valence-electron chi connectivity index (χ3n) is 3.44. The topological polar surface area (TPSA) is 129 Å². The van der Waals surface area contributed by atoms with Crippen LogP contribution in [0.2, 0.25) is 0 Å². The molecule has 9 nitrogen and oxygen atoms in total. The van der Waals surface area contributed by atoms with E-state index in [-0.39, 0.29) is 12.4 Å². The lowest BCUT2D eigenvalue weighted by atomic mass is 10.1. The third kappa shape index (κ3) is 1.83. The second kappa shape index (κ2) is 4.94. The van der Waals surface area contributed by atoms with Gasteiger partial charge >= 0.3 is 0 Å². The van der Waals surface area contributed by atoms with E-state index in [1.54, 1.807) is 4.57 Å². The Morgan fingerprint density at radius 1 is 1.45 bits per heavy atom. The van der Waals surface area contributed by atoms with E-state index in [4.69, 9.17) is 15.2 Å². The summed E-state index contributed by atoms with van der Waals surface area (Å²) in [5.41, 5.74) is 6.66. The van der Waals surface area contributed by atoms with Gasteiger partial charge in [0.1, 0.15) is 30.1 Å². The summed E-state index contributed by atoms with van der Waals surface area (Å²) in [6.07, 6.45) is 0.443. The van der Waals surface area contributed by atoms with Crippen LogP contribution in [-0.4, -0.2) is 61.9 Å². The molecule has 2 aromatic heterocycles. The first-order valence-electron chi connectivity index (χ1n) is 6.07. The van der Waals surface area contributed by atoms with Crippen LogP contribution in [0.5, 0.6) is 0 Å². The molecule has 4 unspecified atom stereocenters. The Morgan fingerprint density at radius 3 is 2.95 bits per heavy atom. The SMILES string of the molecule is COC1OC(CO)C(O)C1n1cnc2c(N)ncnc21. The number of hydrogen-bond acceptors (Lipinski definition) is 8. The molecule has 0 aromatic carbocycles. The first kappa shape index (κ1) is 13.2. The van der Waals surface area contributed by atoms with Crippen molar-refractivity contribution in [2.45, 2.75) is 24.5 Å². The molecule has 4 N–H and O–H groups in total. The number of nitrogens with zero attached hydrogens (tertiary/aromatic N) is 4. The van der Waals surface area contributed by atoms with Crippen molar-refractivity contribution in [1.82, 2.24) is 19.5 Å². The summed E-state index contributed by atoms with van der Waals surface area (Å²) < 4.78 is 12.3. The summed E-state index contributed by atoms with van der Waals surface area (Å²) in [5.74, 6) is 0.259. The van der Waals surface area contributed by atoms with Gasteiger partial charge in [-0.1, -0.05) is 0 Å². The molecule has 108 valence electrons. The normalized spacial score (nSPS) is 30.1. The fourth-order valence-electron chi connectivity index (χ4n) is 2.44. The van der Waals surface area contributed by atoms with Gasteiger partial charge in [0.25, 0.3) is 0 Å². The van der Waals surface area contributed by atoms with Crippen LogP contribution in [0.3, 0.4) is 0 Å². The first-order chi connectivity index (χ1) is 9.67. The summed E-state index contributed by atoms with van der Waals surface area (Å²) in [7, 11) is 1.46. The van der Waals surface area contributed by atoms with Crippen molar-refractivity contribution in [3.8, 4) is 0 Å². The molecular weight excluding hydrogens is 266 g/mol. The zero-order valence-corrected chi connectivity index (χ0v) is 10.7. The first-order valence-corrected chi connectivity index (χ1v) is 6.07. The molecule has 4 atom stereocenters. The maximum atomic E-state index is 10.3. The monoisotopic (exact) mass is 281 g/mol. The zero-order valence-electron chi connectivity index (χ0n) is 10.7. The number of imidazole rings is 1. The molecule has 0 saturated carbocycles. The van der Waals surface area contributed by atoms with E-state index in [0.717, 1.165) is 0 Å². The summed E-state index contributed by atoms with van der Waals surface area (Å²) >= 11 is 0. The smallest absolute Gasteiger partial charge is 0.181 e. The van der Waals surface area contributed by atoms with Crippen molar-refractivity contribution in [3.05, 3.63) is 12.7 Å². The lowest BCUT2D eigenvalue weighted by Crippen LogP contribution is -2.32. The Labute approximate surface area is 114 Å². The molecule has 3 rings (SSSR count). The van der Waals surface area contributed by atoms with Crippen LogP contribution in [0.25, 0.3) is 11.2 Å². The summed E-state index contributed by atoms with van der Waals surface area (Å²) in [4.78, 5) is 12.1. The van der Waals surface area contributed by atoms with E-state index < -0.39 is 24.5 Å². The molecule has 1 fully saturated rings. The van der Waals surface area contributed by atoms with Gasteiger partial charge in [-0.15, -0.1) is 0 Å². The van der Waals surface area contributed by atoms with Crippen LogP contribution >= 0.6 is 0 Å². The average molecular weight is 281 g/mol. The predicted molar refractivity (Wildman–Crippen MR) is 67.5 cm³/mol. The van der Waals surface area contributed by atoms with Gasteiger partial charge in [-0.3, -0.25) is 0 Å². The Balaban J connectivity index is 2.07. The maximum Gasteiger partial charge on any atom is 0.181 e. The Bertz CT molecular complexity index is 616. The van der Waals surface area contributed by atoms with E-state index >= 15 is 0 Å². The summed E-state index contributed by atoms with van der Waals surface area (Å²) in [6, 6.07) is -0.573. The molecule has 0 spiro atoms. The molecule has 0 radical (unpaired) electrons. The zero-order chi connectivity index (χ0) is 14.3. The highest BCUT2D eigenvalue weighted by Gasteiger charge is 2.45. The second-order valence-corrected chi connectivity index (χ2v) is 4.53. The molecule has 0 aliphatic carbocycles. The number of fused-ring (bicyclic) bond motifs is 1. The number of hydrogen-bond donors (Lipinski definition) is 3. The van der Waals surface area contributed by atoms with Gasteiger partial charge in [-0.2, -0.15) is 0 Å². The van der Waals surface area contributed by atoms with E-state index in [9.17, 15) is 10.2 Å². The second-order valence-electron chi connectivity index (χ2n) is 4.53. The number of anilines is 1. The number of nitrogens with two attached hydrogens (primary N) is 1. The van der Waals surface area contributed by atoms with Crippen LogP contribution in [0.15, 0.2) is 12.7 Å². The fraction of sp³-hybridized carbons (Fsp3) is 0.545. The number of rotatable bonds is 3. The van der Waals surface area contributed by atoms with Gasteiger partial charge in [0.15, 0.2) is 17.8 Å². The lowest BCUT2D eigenvalue weighted by molar-refractivity contribution is -0.136. The van der Waals surface area contributed by atoms with Crippen molar-refractivity contribution in [1.29, 1.82) is 0 Å². The Kier molecular flexibility index (Phi) is 3.26. The molecule has 0 amide bonds. The van der Waals surface area contributed by atoms with Crippen molar-refractivity contribution in [2.24, 2.45) is 0 Å². The molecule has 2 aromatic rings. The number of nitrogen functional groups attached to an aromatic ring is 1. The van der Waals surface area contributed by atoms with Crippen molar-refractivity contribution in [2.75, 3.05) is 19.5 Å². The summed E-state index contributed by atoms with van der Waals surface area (Å²) in [5, 5.41) is 19.5. The van der Waals surface area contributed by atoms with Crippen LogP contribution in [0, 0.1) is 0 Å². The Hall–Kier alpha value is -1.81. The lowest BCUT2D eigenvalue weighted by Gasteiger charge is -2.20. The minimum atomic E-state index is -0.946. The number of methoxy groups -OCH3 is 1. The van der Waals surface area contributed by atoms with Crippen molar-refractivity contribution in [3.63, 3.8) is 0 Å². The highest BCUT2D eigenvalue weighted by molar-refractivity contribution is 5.81. The molecule has 1 aliphatic rings. The van der Waals surface area contributed by atoms with Crippen molar-refractivity contribution >= 4 is 17.0 Å². The van der Waals surface area contributed by atoms with Gasteiger partial charge in [-0.05, 0) is 0 Å². The molecule has 3 heterocycles. The van der Waals surface area contributed by atoms with Crippen LogP contribution in [0.4, 0.5) is 5.82 Å². The van der Waals surface area contributed by atoms with Crippen LogP contribution in [0.1, 0.15) is 6.04 Å².